The molecule has 170 valence electrons. The lowest BCUT2D eigenvalue weighted by atomic mass is 10.1. The van der Waals surface area contributed by atoms with Gasteiger partial charge in [0.25, 0.3) is 11.8 Å². The fourth-order valence-corrected chi connectivity index (χ4v) is 3.49. The van der Waals surface area contributed by atoms with Gasteiger partial charge >= 0.3 is 0 Å². The fourth-order valence-electron chi connectivity index (χ4n) is 3.29. The summed E-state index contributed by atoms with van der Waals surface area (Å²) in [5.74, 6) is 0.334. The molecule has 0 bridgehead atoms. The summed E-state index contributed by atoms with van der Waals surface area (Å²) in [5, 5.41) is 5.81. The standard InChI is InChI=1S/C24H30N4O3S/c1-4-17(2)31-19-11-9-18(10-12-19)22(29)26-24(32)25-21-8-6-5-7-20(21)23(30)28-15-13-27(3)14-16-28/h5-12,17H,4,13-16H2,1-3H3,(H2,25,26,29,32). The van der Waals surface area contributed by atoms with Crippen molar-refractivity contribution in [2.45, 2.75) is 26.4 Å². The molecule has 1 fully saturated rings. The molecule has 8 heteroatoms. The number of carbonyl (C=O) groups excluding carboxylic acids is 2. The highest BCUT2D eigenvalue weighted by molar-refractivity contribution is 7.80. The van der Waals surface area contributed by atoms with Gasteiger partial charge < -0.3 is 19.9 Å². The van der Waals surface area contributed by atoms with E-state index in [1.165, 1.54) is 0 Å². The van der Waals surface area contributed by atoms with E-state index in [2.05, 4.69) is 22.5 Å². The number of nitrogens with one attached hydrogen (secondary N) is 2. The third-order valence-electron chi connectivity index (χ3n) is 5.45. The highest BCUT2D eigenvalue weighted by Gasteiger charge is 2.22. The van der Waals surface area contributed by atoms with Crippen molar-refractivity contribution >= 4 is 34.8 Å². The van der Waals surface area contributed by atoms with E-state index in [9.17, 15) is 9.59 Å². The average molecular weight is 455 g/mol. The molecule has 2 amide bonds. The van der Waals surface area contributed by atoms with Crippen LogP contribution in [0.1, 0.15) is 41.0 Å². The molecule has 0 spiro atoms. The van der Waals surface area contributed by atoms with Crippen LogP contribution in [0.5, 0.6) is 5.75 Å². The van der Waals surface area contributed by atoms with Crippen molar-refractivity contribution in [1.82, 2.24) is 15.1 Å². The number of nitrogens with zero attached hydrogens (tertiary/aromatic N) is 2. The highest BCUT2D eigenvalue weighted by atomic mass is 32.1. The molecule has 2 aromatic rings. The summed E-state index contributed by atoms with van der Waals surface area (Å²) < 4.78 is 5.74. The third-order valence-corrected chi connectivity index (χ3v) is 5.66. The summed E-state index contributed by atoms with van der Waals surface area (Å²) in [7, 11) is 2.05. The second kappa shape index (κ2) is 11.1. The number of rotatable bonds is 6. The van der Waals surface area contributed by atoms with Crippen LogP contribution in [0.4, 0.5) is 5.69 Å². The average Bonchev–Trinajstić information content (AvgIpc) is 2.79. The van der Waals surface area contributed by atoms with E-state index in [4.69, 9.17) is 17.0 Å². The van der Waals surface area contributed by atoms with Crippen molar-refractivity contribution in [1.29, 1.82) is 0 Å². The van der Waals surface area contributed by atoms with Gasteiger partial charge in [-0.1, -0.05) is 19.1 Å². The predicted molar refractivity (Wildman–Crippen MR) is 130 cm³/mol. The fraction of sp³-hybridized carbons (Fsp3) is 0.375. The maximum atomic E-state index is 13.0. The van der Waals surface area contributed by atoms with Gasteiger partial charge in [0.05, 0.1) is 17.4 Å². The van der Waals surface area contributed by atoms with Crippen LogP contribution in [0.3, 0.4) is 0 Å². The number of hydrogen-bond acceptors (Lipinski definition) is 5. The van der Waals surface area contributed by atoms with E-state index in [-0.39, 0.29) is 23.0 Å². The van der Waals surface area contributed by atoms with Crippen LogP contribution in [0.15, 0.2) is 48.5 Å². The number of carbonyl (C=O) groups is 2. The Morgan fingerprint density at radius 3 is 2.38 bits per heavy atom. The molecule has 2 aromatic carbocycles. The SMILES string of the molecule is CCC(C)Oc1ccc(C(=O)NC(=S)Nc2ccccc2C(=O)N2CCN(C)CC2)cc1. The molecule has 7 nitrogen and oxygen atoms in total. The number of piperazine rings is 1. The first-order chi connectivity index (χ1) is 15.4. The van der Waals surface area contributed by atoms with Gasteiger partial charge in [0.15, 0.2) is 5.11 Å². The van der Waals surface area contributed by atoms with Crippen LogP contribution in [0, 0.1) is 0 Å². The molecule has 1 heterocycles. The minimum Gasteiger partial charge on any atom is -0.491 e. The Bertz CT molecular complexity index is 956. The van der Waals surface area contributed by atoms with Crippen LogP contribution in [0.2, 0.25) is 0 Å². The van der Waals surface area contributed by atoms with E-state index in [0.717, 1.165) is 19.5 Å². The summed E-state index contributed by atoms with van der Waals surface area (Å²) in [6.45, 7) is 7.10. The minimum atomic E-state index is -0.333. The van der Waals surface area contributed by atoms with Crippen molar-refractivity contribution in [2.24, 2.45) is 0 Å². The van der Waals surface area contributed by atoms with Crippen LogP contribution in [-0.2, 0) is 0 Å². The summed E-state index contributed by atoms with van der Waals surface area (Å²) in [6, 6.07) is 14.1. The van der Waals surface area contributed by atoms with Crippen molar-refractivity contribution in [3.05, 3.63) is 59.7 Å². The number of anilines is 1. The Kier molecular flexibility index (Phi) is 8.19. The second-order valence-corrected chi connectivity index (χ2v) is 8.32. The summed E-state index contributed by atoms with van der Waals surface area (Å²) in [5.41, 5.74) is 1.56. The first kappa shape index (κ1) is 23.7. The molecule has 0 aliphatic carbocycles. The highest BCUT2D eigenvalue weighted by Crippen LogP contribution is 2.19. The Balaban J connectivity index is 1.61. The molecule has 1 aliphatic rings. The molecule has 0 saturated carbocycles. The van der Waals surface area contributed by atoms with Crippen molar-refractivity contribution < 1.29 is 14.3 Å². The lowest BCUT2D eigenvalue weighted by Gasteiger charge is -2.32. The lowest BCUT2D eigenvalue weighted by Crippen LogP contribution is -2.47. The number of para-hydroxylation sites is 1. The first-order valence-electron chi connectivity index (χ1n) is 10.8. The zero-order valence-corrected chi connectivity index (χ0v) is 19.6. The van der Waals surface area contributed by atoms with E-state index >= 15 is 0 Å². The van der Waals surface area contributed by atoms with Gasteiger partial charge in [-0.3, -0.25) is 14.9 Å². The van der Waals surface area contributed by atoms with Gasteiger partial charge in [0.2, 0.25) is 0 Å². The maximum absolute atomic E-state index is 13.0. The van der Waals surface area contributed by atoms with Gasteiger partial charge in [-0.2, -0.15) is 0 Å². The van der Waals surface area contributed by atoms with E-state index in [1.54, 1.807) is 36.4 Å². The molecular weight excluding hydrogens is 424 g/mol. The summed E-state index contributed by atoms with van der Waals surface area (Å²) in [6.07, 6.45) is 1.01. The first-order valence-corrected chi connectivity index (χ1v) is 11.2. The molecule has 3 rings (SSSR count). The van der Waals surface area contributed by atoms with Crippen molar-refractivity contribution in [2.75, 3.05) is 38.5 Å². The smallest absolute Gasteiger partial charge is 0.257 e. The van der Waals surface area contributed by atoms with E-state index < -0.39 is 0 Å². The monoisotopic (exact) mass is 454 g/mol. The molecule has 0 radical (unpaired) electrons. The van der Waals surface area contributed by atoms with Gasteiger partial charge in [-0.25, -0.2) is 0 Å². The topological polar surface area (TPSA) is 73.9 Å². The van der Waals surface area contributed by atoms with Crippen LogP contribution < -0.4 is 15.4 Å². The van der Waals surface area contributed by atoms with Crippen LogP contribution >= 0.6 is 12.2 Å². The normalized spacial score (nSPS) is 15.0. The molecule has 1 atom stereocenters. The number of amides is 2. The molecule has 1 unspecified atom stereocenters. The van der Waals surface area contributed by atoms with E-state index in [1.807, 2.05) is 31.0 Å². The summed E-state index contributed by atoms with van der Waals surface area (Å²) >= 11 is 5.33. The predicted octanol–water partition coefficient (Wildman–Crippen LogP) is 3.38. The zero-order valence-electron chi connectivity index (χ0n) is 18.8. The van der Waals surface area contributed by atoms with Crippen molar-refractivity contribution in [3.63, 3.8) is 0 Å². The Hall–Kier alpha value is -2.97. The number of likely N-dealkylation sites (N-methyl/N-ethyl adjacent to an activating group) is 1. The molecule has 2 N–H and O–H groups in total. The van der Waals surface area contributed by atoms with E-state index in [0.29, 0.717) is 35.7 Å². The van der Waals surface area contributed by atoms with Gasteiger partial charge in [0, 0.05) is 31.7 Å². The summed E-state index contributed by atoms with van der Waals surface area (Å²) in [4.78, 5) is 29.6. The molecule has 1 saturated heterocycles. The number of thiocarbonyl (C=S) groups is 1. The largest absolute Gasteiger partial charge is 0.491 e. The lowest BCUT2D eigenvalue weighted by molar-refractivity contribution is 0.0665. The van der Waals surface area contributed by atoms with Gasteiger partial charge in [-0.05, 0) is 69.0 Å². The van der Waals surface area contributed by atoms with Crippen molar-refractivity contribution in [3.8, 4) is 5.75 Å². The Labute approximate surface area is 194 Å². The minimum absolute atomic E-state index is 0.0489. The molecule has 1 aliphatic heterocycles. The molecule has 0 aromatic heterocycles. The molecule has 32 heavy (non-hydrogen) atoms. The maximum Gasteiger partial charge on any atom is 0.257 e. The quantitative estimate of drug-likeness (QED) is 0.652. The number of hydrogen-bond donors (Lipinski definition) is 2. The second-order valence-electron chi connectivity index (χ2n) is 7.91. The third kappa shape index (κ3) is 6.27. The Morgan fingerprint density at radius 1 is 1.06 bits per heavy atom. The molecular formula is C24H30N4O3S. The van der Waals surface area contributed by atoms with Gasteiger partial charge in [-0.15, -0.1) is 0 Å². The van der Waals surface area contributed by atoms with Gasteiger partial charge in [0.1, 0.15) is 5.75 Å². The van der Waals surface area contributed by atoms with Crippen LogP contribution in [-0.4, -0.2) is 66.1 Å². The number of ether oxygens (including phenoxy) is 1. The van der Waals surface area contributed by atoms with Crippen LogP contribution in [0.25, 0.3) is 0 Å². The number of benzene rings is 2. The Morgan fingerprint density at radius 2 is 1.72 bits per heavy atom. The zero-order chi connectivity index (χ0) is 23.1.